The highest BCUT2D eigenvalue weighted by Gasteiger charge is 2.13. The summed E-state index contributed by atoms with van der Waals surface area (Å²) in [5.74, 6) is 1.52. The van der Waals surface area contributed by atoms with Crippen LogP contribution in [0.1, 0.15) is 31.7 Å². The molecule has 0 amide bonds. The molecule has 1 saturated heterocycles. The first-order valence-electron chi connectivity index (χ1n) is 10.6. The molecular formula is C22H38N4O2. The maximum Gasteiger partial charge on any atom is 0.191 e. The summed E-state index contributed by atoms with van der Waals surface area (Å²) in [5.41, 5.74) is 2.56. The molecule has 0 aromatic heterocycles. The van der Waals surface area contributed by atoms with Crippen LogP contribution in [0.3, 0.4) is 0 Å². The van der Waals surface area contributed by atoms with Crippen LogP contribution in [-0.4, -0.2) is 65.6 Å². The molecule has 1 fully saturated rings. The van der Waals surface area contributed by atoms with Gasteiger partial charge in [0.1, 0.15) is 0 Å². The minimum absolute atomic E-state index is 0.672. The van der Waals surface area contributed by atoms with Crippen LogP contribution in [0, 0.1) is 12.8 Å². The lowest BCUT2D eigenvalue weighted by Crippen LogP contribution is -2.42. The van der Waals surface area contributed by atoms with Crippen LogP contribution in [-0.2, 0) is 9.47 Å². The molecule has 2 N–H and O–H groups in total. The van der Waals surface area contributed by atoms with E-state index in [9.17, 15) is 0 Å². The van der Waals surface area contributed by atoms with E-state index in [1.807, 2.05) is 7.05 Å². The Kier molecular flexibility index (Phi) is 10.8. The largest absolute Gasteiger partial charge is 0.381 e. The minimum Gasteiger partial charge on any atom is -0.381 e. The molecule has 1 aliphatic rings. The van der Waals surface area contributed by atoms with E-state index in [1.54, 1.807) is 0 Å². The van der Waals surface area contributed by atoms with Gasteiger partial charge in [0.05, 0.1) is 0 Å². The van der Waals surface area contributed by atoms with Crippen LogP contribution in [0.25, 0.3) is 0 Å². The number of ether oxygens (including phenoxy) is 2. The maximum atomic E-state index is 5.81. The summed E-state index contributed by atoms with van der Waals surface area (Å²) < 4.78 is 11.2. The van der Waals surface area contributed by atoms with Crippen molar-refractivity contribution in [1.82, 2.24) is 10.6 Å². The molecule has 6 nitrogen and oxygen atoms in total. The highest BCUT2D eigenvalue weighted by Crippen LogP contribution is 2.15. The predicted octanol–water partition coefficient (Wildman–Crippen LogP) is 2.82. The number of anilines is 1. The number of guanidine groups is 1. The molecule has 0 spiro atoms. The van der Waals surface area contributed by atoms with E-state index in [4.69, 9.17) is 9.47 Å². The third-order valence-electron chi connectivity index (χ3n) is 5.10. The van der Waals surface area contributed by atoms with Gasteiger partial charge in [0, 0.05) is 65.3 Å². The van der Waals surface area contributed by atoms with E-state index in [2.05, 4.69) is 58.6 Å². The van der Waals surface area contributed by atoms with E-state index in [1.165, 1.54) is 11.3 Å². The number of nitrogens with one attached hydrogen (secondary N) is 2. The average molecular weight is 391 g/mol. The second kappa shape index (κ2) is 13.4. The smallest absolute Gasteiger partial charge is 0.191 e. The molecule has 0 unspecified atom stereocenters. The average Bonchev–Trinajstić information content (AvgIpc) is 2.73. The molecule has 0 atom stereocenters. The Morgan fingerprint density at radius 1 is 1.25 bits per heavy atom. The highest BCUT2D eigenvalue weighted by molar-refractivity contribution is 5.79. The summed E-state index contributed by atoms with van der Waals surface area (Å²) in [6.45, 7) is 11.4. The van der Waals surface area contributed by atoms with Crippen LogP contribution in [0.2, 0.25) is 0 Å². The fourth-order valence-corrected chi connectivity index (χ4v) is 3.37. The van der Waals surface area contributed by atoms with Crippen molar-refractivity contribution in [3.05, 3.63) is 29.8 Å². The zero-order valence-electron chi connectivity index (χ0n) is 17.9. The van der Waals surface area contributed by atoms with Gasteiger partial charge in [0.15, 0.2) is 5.96 Å². The molecule has 0 radical (unpaired) electrons. The quantitative estimate of drug-likeness (QED) is 0.346. The first-order valence-corrected chi connectivity index (χ1v) is 10.6. The number of aryl methyl sites for hydroxylation is 1. The van der Waals surface area contributed by atoms with Gasteiger partial charge >= 0.3 is 0 Å². The first-order chi connectivity index (χ1) is 13.7. The van der Waals surface area contributed by atoms with Crippen molar-refractivity contribution in [2.24, 2.45) is 10.9 Å². The molecule has 2 rings (SSSR count). The number of aliphatic imine (C=N–C) groups is 1. The normalized spacial score (nSPS) is 15.5. The second-order valence-electron chi connectivity index (χ2n) is 7.33. The number of nitrogens with zero attached hydrogens (tertiary/aromatic N) is 2. The van der Waals surface area contributed by atoms with E-state index in [-0.39, 0.29) is 0 Å². The lowest BCUT2D eigenvalue weighted by molar-refractivity contribution is 0.0203. The second-order valence-corrected chi connectivity index (χ2v) is 7.33. The molecule has 6 heteroatoms. The molecule has 1 aromatic rings. The summed E-state index contributed by atoms with van der Waals surface area (Å²) >= 11 is 0. The molecule has 0 saturated carbocycles. The Morgan fingerprint density at radius 3 is 2.75 bits per heavy atom. The Bertz CT molecular complexity index is 573. The summed E-state index contributed by atoms with van der Waals surface area (Å²) in [7, 11) is 1.81. The van der Waals surface area contributed by atoms with Crippen LogP contribution in [0.15, 0.2) is 29.3 Å². The maximum absolute atomic E-state index is 5.81. The summed E-state index contributed by atoms with van der Waals surface area (Å²) in [6.07, 6.45) is 3.24. The first kappa shape index (κ1) is 22.5. The fourth-order valence-electron chi connectivity index (χ4n) is 3.37. The lowest BCUT2D eigenvalue weighted by Gasteiger charge is -2.24. The van der Waals surface area contributed by atoms with Crippen molar-refractivity contribution >= 4 is 11.6 Å². The number of hydrogen-bond acceptors (Lipinski definition) is 4. The Morgan fingerprint density at radius 2 is 2.04 bits per heavy atom. The molecule has 1 aliphatic heterocycles. The molecule has 158 valence electrons. The molecule has 0 aliphatic carbocycles. The van der Waals surface area contributed by atoms with E-state index in [0.717, 1.165) is 77.8 Å². The molecule has 0 bridgehead atoms. The predicted molar refractivity (Wildman–Crippen MR) is 117 cm³/mol. The minimum atomic E-state index is 0.672. The van der Waals surface area contributed by atoms with Gasteiger partial charge in [0.2, 0.25) is 0 Å². The Labute approximate surface area is 170 Å². The van der Waals surface area contributed by atoms with Gasteiger partial charge in [-0.15, -0.1) is 0 Å². The SMILES string of the molecule is CCN(CCNC(=NC)NCCCOCC1CCOCC1)c1cccc(C)c1. The third-order valence-corrected chi connectivity index (χ3v) is 5.10. The number of likely N-dealkylation sites (N-methyl/N-ethyl adjacent to an activating group) is 1. The van der Waals surface area contributed by atoms with E-state index >= 15 is 0 Å². The highest BCUT2D eigenvalue weighted by atomic mass is 16.5. The third kappa shape index (κ3) is 8.48. The Hall–Kier alpha value is -1.79. The summed E-state index contributed by atoms with van der Waals surface area (Å²) in [6, 6.07) is 8.65. The fraction of sp³-hybridized carbons (Fsp3) is 0.682. The molecule has 1 aromatic carbocycles. The topological polar surface area (TPSA) is 58.1 Å². The molecule has 1 heterocycles. The zero-order chi connectivity index (χ0) is 20.0. The monoisotopic (exact) mass is 390 g/mol. The lowest BCUT2D eigenvalue weighted by atomic mass is 10.0. The van der Waals surface area contributed by atoms with Crippen molar-refractivity contribution in [2.45, 2.75) is 33.1 Å². The van der Waals surface area contributed by atoms with Gasteiger partial charge in [-0.05, 0) is 56.7 Å². The van der Waals surface area contributed by atoms with Gasteiger partial charge in [-0.3, -0.25) is 4.99 Å². The molecule has 28 heavy (non-hydrogen) atoms. The number of benzene rings is 1. The van der Waals surface area contributed by atoms with Gasteiger partial charge in [-0.25, -0.2) is 0 Å². The van der Waals surface area contributed by atoms with Crippen molar-refractivity contribution in [2.75, 3.05) is 64.6 Å². The summed E-state index contributed by atoms with van der Waals surface area (Å²) in [5, 5.41) is 6.77. The molecular weight excluding hydrogens is 352 g/mol. The standard InChI is InChI=1S/C22H38N4O2/c1-4-26(21-8-5-7-19(2)17-21)13-12-25-22(23-3)24-11-6-14-28-18-20-9-15-27-16-10-20/h5,7-8,17,20H,4,6,9-16,18H2,1-3H3,(H2,23,24,25). The Balaban J connectivity index is 1.56. The van der Waals surface area contributed by atoms with Gasteiger partial charge in [-0.1, -0.05) is 12.1 Å². The van der Waals surface area contributed by atoms with E-state index < -0.39 is 0 Å². The van der Waals surface area contributed by atoms with Crippen molar-refractivity contribution in [1.29, 1.82) is 0 Å². The number of rotatable bonds is 11. The van der Waals surface area contributed by atoms with Crippen molar-refractivity contribution in [3.8, 4) is 0 Å². The van der Waals surface area contributed by atoms with Gasteiger partial charge in [-0.2, -0.15) is 0 Å². The van der Waals surface area contributed by atoms with Crippen molar-refractivity contribution < 1.29 is 9.47 Å². The summed E-state index contributed by atoms with van der Waals surface area (Å²) in [4.78, 5) is 6.68. The van der Waals surface area contributed by atoms with Crippen LogP contribution < -0.4 is 15.5 Å². The van der Waals surface area contributed by atoms with Crippen LogP contribution >= 0.6 is 0 Å². The van der Waals surface area contributed by atoms with Crippen LogP contribution in [0.5, 0.6) is 0 Å². The van der Waals surface area contributed by atoms with Crippen LogP contribution in [0.4, 0.5) is 5.69 Å². The van der Waals surface area contributed by atoms with Gasteiger partial charge in [0.25, 0.3) is 0 Å². The number of hydrogen-bond donors (Lipinski definition) is 2. The van der Waals surface area contributed by atoms with Crippen molar-refractivity contribution in [3.63, 3.8) is 0 Å². The zero-order valence-corrected chi connectivity index (χ0v) is 17.9. The van der Waals surface area contributed by atoms with Gasteiger partial charge < -0.3 is 25.0 Å². The van der Waals surface area contributed by atoms with E-state index in [0.29, 0.717) is 5.92 Å².